The minimum atomic E-state index is 0.484. The average Bonchev–Trinajstić information content (AvgIpc) is 2.44. The normalized spacial score (nSPS) is 19.4. The maximum Gasteiger partial charge on any atom is 0.0620 e. The van der Waals surface area contributed by atoms with Gasteiger partial charge in [0.2, 0.25) is 0 Å². The Labute approximate surface area is 115 Å². The van der Waals surface area contributed by atoms with Crippen LogP contribution in [-0.4, -0.2) is 38.9 Å². The van der Waals surface area contributed by atoms with Crippen molar-refractivity contribution in [3.8, 4) is 0 Å². The molecule has 1 unspecified atom stereocenters. The minimum absolute atomic E-state index is 0.484. The number of rotatable bonds is 5. The van der Waals surface area contributed by atoms with Gasteiger partial charge in [-0.1, -0.05) is 0 Å². The Kier molecular flexibility index (Phi) is 5.05. The quantitative estimate of drug-likeness (QED) is 0.795. The Morgan fingerprint density at radius 1 is 1.47 bits per heavy atom. The molecule has 0 radical (unpaired) electrons. The van der Waals surface area contributed by atoms with E-state index in [1.807, 2.05) is 6.07 Å². The summed E-state index contributed by atoms with van der Waals surface area (Å²) in [6.07, 6.45) is 1.11. The maximum atomic E-state index is 5.88. The number of hydrogen-bond acceptors (Lipinski definition) is 4. The van der Waals surface area contributed by atoms with Gasteiger partial charge in [0.1, 0.15) is 0 Å². The largest absolute Gasteiger partial charge is 0.399 e. The maximum absolute atomic E-state index is 5.88. The number of benzene rings is 1. The van der Waals surface area contributed by atoms with Gasteiger partial charge in [-0.15, -0.1) is 0 Å². The van der Waals surface area contributed by atoms with Crippen molar-refractivity contribution < 1.29 is 4.74 Å². The van der Waals surface area contributed by atoms with Gasteiger partial charge in [0.15, 0.2) is 0 Å². The molecule has 1 atom stereocenters. The van der Waals surface area contributed by atoms with Gasteiger partial charge in [0.05, 0.1) is 13.2 Å². The van der Waals surface area contributed by atoms with Crippen molar-refractivity contribution >= 4 is 11.4 Å². The van der Waals surface area contributed by atoms with Crippen LogP contribution in [0.15, 0.2) is 18.2 Å². The van der Waals surface area contributed by atoms with Gasteiger partial charge in [-0.3, -0.25) is 0 Å². The summed E-state index contributed by atoms with van der Waals surface area (Å²) in [6, 6.07) is 6.76. The van der Waals surface area contributed by atoms with Crippen LogP contribution in [0.4, 0.5) is 11.4 Å². The molecule has 0 aromatic heterocycles. The molecule has 2 rings (SSSR count). The van der Waals surface area contributed by atoms with E-state index in [0.717, 1.165) is 50.5 Å². The molecule has 3 N–H and O–H groups in total. The highest BCUT2D eigenvalue weighted by atomic mass is 16.5. The zero-order chi connectivity index (χ0) is 13.7. The third-order valence-corrected chi connectivity index (χ3v) is 3.75. The summed E-state index contributed by atoms with van der Waals surface area (Å²) in [4.78, 5) is 2.39. The number of nitrogens with two attached hydrogens (primary N) is 1. The van der Waals surface area contributed by atoms with E-state index >= 15 is 0 Å². The van der Waals surface area contributed by atoms with Crippen molar-refractivity contribution in [1.82, 2.24) is 5.32 Å². The molecule has 106 valence electrons. The van der Waals surface area contributed by atoms with E-state index < -0.39 is 0 Å². The predicted octanol–water partition coefficient (Wildman–Crippen LogP) is 1.78. The number of nitrogen functional groups attached to an aromatic ring is 1. The van der Waals surface area contributed by atoms with Crippen molar-refractivity contribution in [2.75, 3.05) is 43.5 Å². The molecule has 1 heterocycles. The zero-order valence-electron chi connectivity index (χ0n) is 12.0. The Balaban J connectivity index is 1.93. The number of ether oxygens (including phenoxy) is 1. The highest BCUT2D eigenvalue weighted by Gasteiger charge is 2.14. The van der Waals surface area contributed by atoms with Crippen LogP contribution >= 0.6 is 0 Å². The van der Waals surface area contributed by atoms with E-state index in [1.54, 1.807) is 0 Å². The highest BCUT2D eigenvalue weighted by Crippen LogP contribution is 2.21. The van der Waals surface area contributed by atoms with E-state index in [9.17, 15) is 0 Å². The number of aryl methyl sites for hydroxylation is 1. The van der Waals surface area contributed by atoms with Crippen LogP contribution < -0.4 is 16.0 Å². The summed E-state index contributed by atoms with van der Waals surface area (Å²) in [6.45, 7) is 8.94. The molecule has 1 saturated heterocycles. The smallest absolute Gasteiger partial charge is 0.0620 e. The molecular formula is C15H25N3O. The van der Waals surface area contributed by atoms with Crippen molar-refractivity contribution in [3.05, 3.63) is 23.8 Å². The second-order valence-corrected chi connectivity index (χ2v) is 5.14. The van der Waals surface area contributed by atoms with E-state index in [0.29, 0.717) is 6.04 Å². The molecule has 1 fully saturated rings. The number of hydrogen-bond donors (Lipinski definition) is 2. The van der Waals surface area contributed by atoms with Crippen molar-refractivity contribution in [2.45, 2.75) is 26.3 Å². The third kappa shape index (κ3) is 3.85. The lowest BCUT2D eigenvalue weighted by molar-refractivity contribution is 0.0748. The van der Waals surface area contributed by atoms with Crippen LogP contribution in [0.1, 0.15) is 18.9 Å². The topological polar surface area (TPSA) is 50.5 Å². The third-order valence-electron chi connectivity index (χ3n) is 3.75. The average molecular weight is 263 g/mol. The molecule has 0 amide bonds. The Hall–Kier alpha value is -1.26. The Morgan fingerprint density at radius 2 is 2.32 bits per heavy atom. The molecule has 1 aromatic carbocycles. The molecule has 0 spiro atoms. The fourth-order valence-electron chi connectivity index (χ4n) is 2.44. The predicted molar refractivity (Wildman–Crippen MR) is 80.7 cm³/mol. The first-order valence-electron chi connectivity index (χ1n) is 7.13. The molecule has 0 saturated carbocycles. The second-order valence-electron chi connectivity index (χ2n) is 5.14. The van der Waals surface area contributed by atoms with Gasteiger partial charge in [-0.25, -0.2) is 0 Å². The standard InChI is InChI=1S/C15H25N3O/c1-3-18(8-6-13-11-19-9-7-17-13)14-4-5-15(16)12(2)10-14/h4-5,10,13,17H,3,6-9,11,16H2,1-2H3. The van der Waals surface area contributed by atoms with Crippen molar-refractivity contribution in [1.29, 1.82) is 0 Å². The number of nitrogens with zero attached hydrogens (tertiary/aromatic N) is 1. The van der Waals surface area contributed by atoms with E-state index in [1.165, 1.54) is 5.69 Å². The highest BCUT2D eigenvalue weighted by molar-refractivity contribution is 5.57. The van der Waals surface area contributed by atoms with E-state index in [-0.39, 0.29) is 0 Å². The Bertz CT molecular complexity index is 402. The fourth-order valence-corrected chi connectivity index (χ4v) is 2.44. The van der Waals surface area contributed by atoms with Crippen LogP contribution in [-0.2, 0) is 4.74 Å². The number of anilines is 2. The molecule has 0 bridgehead atoms. The second kappa shape index (κ2) is 6.78. The lowest BCUT2D eigenvalue weighted by Gasteiger charge is -2.29. The van der Waals surface area contributed by atoms with Gasteiger partial charge >= 0.3 is 0 Å². The van der Waals surface area contributed by atoms with Gasteiger partial charge in [0.25, 0.3) is 0 Å². The number of nitrogens with one attached hydrogen (secondary N) is 1. The summed E-state index contributed by atoms with van der Waals surface area (Å²) in [5.74, 6) is 0. The lowest BCUT2D eigenvalue weighted by Crippen LogP contribution is -2.43. The summed E-state index contributed by atoms with van der Waals surface area (Å²) in [5, 5.41) is 3.50. The Morgan fingerprint density at radius 3 is 2.95 bits per heavy atom. The van der Waals surface area contributed by atoms with Gasteiger partial charge in [-0.05, 0) is 44.0 Å². The van der Waals surface area contributed by atoms with Gasteiger partial charge in [0, 0.05) is 37.1 Å². The van der Waals surface area contributed by atoms with Crippen molar-refractivity contribution in [3.63, 3.8) is 0 Å². The first-order chi connectivity index (χ1) is 9.20. The summed E-state index contributed by atoms with van der Waals surface area (Å²) >= 11 is 0. The summed E-state index contributed by atoms with van der Waals surface area (Å²) in [7, 11) is 0. The lowest BCUT2D eigenvalue weighted by atomic mass is 10.1. The summed E-state index contributed by atoms with van der Waals surface area (Å²) in [5.41, 5.74) is 9.14. The molecule has 4 heteroatoms. The number of morpholine rings is 1. The zero-order valence-corrected chi connectivity index (χ0v) is 12.0. The van der Waals surface area contributed by atoms with E-state index in [2.05, 4.69) is 36.2 Å². The van der Waals surface area contributed by atoms with E-state index in [4.69, 9.17) is 10.5 Å². The molecule has 0 aliphatic carbocycles. The molecule has 4 nitrogen and oxygen atoms in total. The van der Waals surface area contributed by atoms with Crippen LogP contribution in [0, 0.1) is 6.92 Å². The molecule has 1 aliphatic heterocycles. The molecule has 19 heavy (non-hydrogen) atoms. The van der Waals surface area contributed by atoms with Gasteiger partial charge in [-0.2, -0.15) is 0 Å². The van der Waals surface area contributed by atoms with Gasteiger partial charge < -0.3 is 20.7 Å². The van der Waals surface area contributed by atoms with Crippen LogP contribution in [0.5, 0.6) is 0 Å². The van der Waals surface area contributed by atoms with Crippen LogP contribution in [0.3, 0.4) is 0 Å². The fraction of sp³-hybridized carbons (Fsp3) is 0.600. The monoisotopic (exact) mass is 263 g/mol. The first kappa shape index (κ1) is 14.2. The first-order valence-corrected chi connectivity index (χ1v) is 7.13. The molecule has 1 aliphatic rings. The van der Waals surface area contributed by atoms with Crippen molar-refractivity contribution in [2.24, 2.45) is 0 Å². The SMILES string of the molecule is CCN(CCC1COCCN1)c1ccc(N)c(C)c1. The summed E-state index contributed by atoms with van der Waals surface area (Å²) < 4.78 is 5.49. The minimum Gasteiger partial charge on any atom is -0.399 e. The molecular weight excluding hydrogens is 238 g/mol. The molecule has 1 aromatic rings. The van der Waals surface area contributed by atoms with Crippen LogP contribution in [0.2, 0.25) is 0 Å². The van der Waals surface area contributed by atoms with Crippen LogP contribution in [0.25, 0.3) is 0 Å².